The molecule has 0 unspecified atom stereocenters. The lowest BCUT2D eigenvalue weighted by Gasteiger charge is -2.56. The van der Waals surface area contributed by atoms with E-state index in [1.807, 2.05) is 0 Å². The van der Waals surface area contributed by atoms with Crippen molar-refractivity contribution in [1.29, 1.82) is 0 Å². The molecule has 0 aromatic heterocycles. The third kappa shape index (κ3) is 7.50. The number of rotatable bonds is 14. The highest BCUT2D eigenvalue weighted by molar-refractivity contribution is 6.17. The van der Waals surface area contributed by atoms with Gasteiger partial charge in [0.15, 0.2) is 0 Å². The van der Waals surface area contributed by atoms with Gasteiger partial charge in [0.1, 0.15) is 0 Å². The van der Waals surface area contributed by atoms with Crippen molar-refractivity contribution in [2.24, 2.45) is 23.2 Å². The van der Waals surface area contributed by atoms with Crippen LogP contribution in [0.4, 0.5) is 0 Å². The molecule has 0 aromatic rings. The SMILES string of the molecule is C.O=C(CC12CC3CC(CC(C3)C1)C2)NCCOCCOCCCCCCCl. The maximum Gasteiger partial charge on any atom is 0.220 e. The van der Waals surface area contributed by atoms with E-state index in [0.29, 0.717) is 31.8 Å². The topological polar surface area (TPSA) is 47.6 Å². The summed E-state index contributed by atoms with van der Waals surface area (Å²) in [5.41, 5.74) is 0.331. The van der Waals surface area contributed by atoms with Gasteiger partial charge >= 0.3 is 0 Å². The fourth-order valence-electron chi connectivity index (χ4n) is 6.15. The molecule has 4 aliphatic rings. The van der Waals surface area contributed by atoms with E-state index in [1.165, 1.54) is 51.4 Å². The summed E-state index contributed by atoms with van der Waals surface area (Å²) in [7, 11) is 0. The van der Waals surface area contributed by atoms with Crippen LogP contribution in [0.25, 0.3) is 0 Å². The number of carbonyl (C=O) groups excluding carboxylic acids is 1. The zero-order valence-corrected chi connectivity index (χ0v) is 17.6. The summed E-state index contributed by atoms with van der Waals surface area (Å²) in [5.74, 6) is 3.72. The Kier molecular flexibility index (Phi) is 10.6. The summed E-state index contributed by atoms with van der Waals surface area (Å²) in [6, 6.07) is 0. The van der Waals surface area contributed by atoms with E-state index in [9.17, 15) is 4.79 Å². The number of hydrogen-bond acceptors (Lipinski definition) is 3. The van der Waals surface area contributed by atoms with E-state index in [4.69, 9.17) is 21.1 Å². The number of unbranched alkanes of at least 4 members (excludes halogenated alkanes) is 3. The van der Waals surface area contributed by atoms with Crippen molar-refractivity contribution in [3.05, 3.63) is 0 Å². The van der Waals surface area contributed by atoms with Crippen molar-refractivity contribution in [2.75, 3.05) is 38.9 Å². The molecule has 4 aliphatic carbocycles. The van der Waals surface area contributed by atoms with Crippen LogP contribution in [0.2, 0.25) is 0 Å². The molecule has 4 fully saturated rings. The second-order valence-electron chi connectivity index (χ2n) is 9.27. The molecule has 0 radical (unpaired) electrons. The lowest BCUT2D eigenvalue weighted by Crippen LogP contribution is -2.48. The van der Waals surface area contributed by atoms with Crippen LogP contribution in [0.15, 0.2) is 0 Å². The standard InChI is InChI=1S/C22H38ClNO3.CH4/c23-5-3-1-2-4-7-26-9-10-27-8-6-24-21(25)17-22-14-18-11-19(15-22)13-20(12-18)16-22;/h18-20H,1-17H2,(H,24,25);1H4. The molecule has 5 heteroatoms. The Morgan fingerprint density at radius 3 is 2.04 bits per heavy atom. The van der Waals surface area contributed by atoms with Gasteiger partial charge in [-0.1, -0.05) is 20.3 Å². The molecule has 4 nitrogen and oxygen atoms in total. The highest BCUT2D eigenvalue weighted by Crippen LogP contribution is 2.61. The molecule has 0 heterocycles. The van der Waals surface area contributed by atoms with Gasteiger partial charge < -0.3 is 14.8 Å². The normalized spacial score (nSPS) is 30.2. The molecule has 4 saturated carbocycles. The van der Waals surface area contributed by atoms with Gasteiger partial charge in [-0.2, -0.15) is 0 Å². The van der Waals surface area contributed by atoms with Crippen LogP contribution < -0.4 is 5.32 Å². The van der Waals surface area contributed by atoms with Crippen LogP contribution in [0.3, 0.4) is 0 Å². The molecular weight excluding hydrogens is 374 g/mol. The van der Waals surface area contributed by atoms with Gasteiger partial charge in [0.2, 0.25) is 5.91 Å². The van der Waals surface area contributed by atoms with Gasteiger partial charge in [-0.15, -0.1) is 11.6 Å². The average molecular weight is 416 g/mol. The predicted molar refractivity (Wildman–Crippen MR) is 116 cm³/mol. The first-order chi connectivity index (χ1) is 13.2. The first-order valence-electron chi connectivity index (χ1n) is 11.2. The Balaban J connectivity index is 0.00000280. The zero-order chi connectivity index (χ0) is 19.0. The molecule has 164 valence electrons. The highest BCUT2D eigenvalue weighted by Gasteiger charge is 2.51. The maximum atomic E-state index is 12.4. The molecule has 0 aliphatic heterocycles. The van der Waals surface area contributed by atoms with E-state index in [2.05, 4.69) is 5.32 Å². The van der Waals surface area contributed by atoms with E-state index in [-0.39, 0.29) is 13.3 Å². The van der Waals surface area contributed by atoms with Crippen LogP contribution in [-0.2, 0) is 14.3 Å². The second kappa shape index (κ2) is 12.4. The fourth-order valence-corrected chi connectivity index (χ4v) is 6.34. The average Bonchev–Trinajstić information content (AvgIpc) is 2.61. The summed E-state index contributed by atoms with van der Waals surface area (Å²) >= 11 is 5.65. The minimum Gasteiger partial charge on any atom is -0.379 e. The molecule has 0 spiro atoms. The van der Waals surface area contributed by atoms with Gasteiger partial charge in [0, 0.05) is 25.5 Å². The lowest BCUT2D eigenvalue weighted by atomic mass is 9.49. The Morgan fingerprint density at radius 1 is 0.857 bits per heavy atom. The quantitative estimate of drug-likeness (QED) is 0.314. The summed E-state index contributed by atoms with van der Waals surface area (Å²) in [4.78, 5) is 12.4. The Morgan fingerprint density at radius 2 is 1.43 bits per heavy atom. The van der Waals surface area contributed by atoms with Gasteiger partial charge in [-0.25, -0.2) is 0 Å². The van der Waals surface area contributed by atoms with Gasteiger partial charge in [0.25, 0.3) is 0 Å². The third-order valence-electron chi connectivity index (χ3n) is 6.81. The molecule has 1 N–H and O–H groups in total. The molecule has 1 amide bonds. The molecule has 0 saturated heterocycles. The van der Waals surface area contributed by atoms with Crippen molar-refractivity contribution in [2.45, 2.75) is 78.1 Å². The Bertz CT molecular complexity index is 422. The summed E-state index contributed by atoms with van der Waals surface area (Å²) in [5, 5.41) is 3.07. The summed E-state index contributed by atoms with van der Waals surface area (Å²) in [6.07, 6.45) is 13.5. The molecule has 4 rings (SSSR count). The molecule has 4 bridgehead atoms. The minimum atomic E-state index is 0. The maximum absolute atomic E-state index is 12.4. The Labute approximate surface area is 177 Å². The van der Waals surface area contributed by atoms with Crippen molar-refractivity contribution in [1.82, 2.24) is 5.32 Å². The molecule has 0 aromatic carbocycles. The second-order valence-corrected chi connectivity index (χ2v) is 9.65. The van der Waals surface area contributed by atoms with Gasteiger partial charge in [-0.05, 0) is 74.5 Å². The van der Waals surface area contributed by atoms with Crippen molar-refractivity contribution in [3.63, 3.8) is 0 Å². The van der Waals surface area contributed by atoms with Crippen LogP contribution >= 0.6 is 11.6 Å². The summed E-state index contributed by atoms with van der Waals surface area (Å²) < 4.78 is 11.1. The number of alkyl halides is 1. The number of ether oxygens (including phenoxy) is 2. The van der Waals surface area contributed by atoms with Crippen molar-refractivity contribution < 1.29 is 14.3 Å². The van der Waals surface area contributed by atoms with Crippen molar-refractivity contribution in [3.8, 4) is 0 Å². The van der Waals surface area contributed by atoms with Gasteiger partial charge in [0.05, 0.1) is 19.8 Å². The number of nitrogens with one attached hydrogen (secondary N) is 1. The van der Waals surface area contributed by atoms with E-state index in [0.717, 1.165) is 49.5 Å². The number of halogens is 1. The fraction of sp³-hybridized carbons (Fsp3) is 0.957. The minimum absolute atomic E-state index is 0. The first kappa shape index (κ1) is 24.0. The van der Waals surface area contributed by atoms with E-state index in [1.54, 1.807) is 0 Å². The number of carbonyl (C=O) groups is 1. The van der Waals surface area contributed by atoms with E-state index < -0.39 is 0 Å². The first-order valence-corrected chi connectivity index (χ1v) is 11.7. The van der Waals surface area contributed by atoms with Crippen LogP contribution in [0.1, 0.15) is 78.1 Å². The third-order valence-corrected chi connectivity index (χ3v) is 7.08. The smallest absolute Gasteiger partial charge is 0.220 e. The van der Waals surface area contributed by atoms with Crippen LogP contribution in [0, 0.1) is 23.2 Å². The Hall–Kier alpha value is -0.320. The number of hydrogen-bond donors (Lipinski definition) is 1. The van der Waals surface area contributed by atoms with Crippen LogP contribution in [-0.4, -0.2) is 44.8 Å². The largest absolute Gasteiger partial charge is 0.379 e. The predicted octanol–water partition coefficient (Wildman–Crippen LogP) is 5.18. The molecule has 28 heavy (non-hydrogen) atoms. The summed E-state index contributed by atoms with van der Waals surface area (Å²) in [6.45, 7) is 3.23. The number of amides is 1. The zero-order valence-electron chi connectivity index (χ0n) is 16.9. The van der Waals surface area contributed by atoms with E-state index >= 15 is 0 Å². The highest BCUT2D eigenvalue weighted by atomic mass is 35.5. The monoisotopic (exact) mass is 415 g/mol. The van der Waals surface area contributed by atoms with Gasteiger partial charge in [-0.3, -0.25) is 4.79 Å². The lowest BCUT2D eigenvalue weighted by molar-refractivity contribution is -0.129. The molecular formula is C23H42ClNO3. The molecule has 0 atom stereocenters. The van der Waals surface area contributed by atoms with Crippen molar-refractivity contribution >= 4 is 17.5 Å². The van der Waals surface area contributed by atoms with Crippen LogP contribution in [0.5, 0.6) is 0 Å².